The first kappa shape index (κ1) is 19.4. The smallest absolute Gasteiger partial charge is 0.175 e. The van der Waals surface area contributed by atoms with Crippen molar-refractivity contribution >= 4 is 15.9 Å². The number of benzene rings is 2. The van der Waals surface area contributed by atoms with Gasteiger partial charge in [0.1, 0.15) is 6.61 Å². The fourth-order valence-corrected chi connectivity index (χ4v) is 3.43. The lowest BCUT2D eigenvalue weighted by molar-refractivity contribution is 0.282. The van der Waals surface area contributed by atoms with Gasteiger partial charge in [0.2, 0.25) is 0 Å². The van der Waals surface area contributed by atoms with E-state index in [1.165, 1.54) is 11.1 Å². The van der Waals surface area contributed by atoms with Gasteiger partial charge in [0.15, 0.2) is 11.5 Å². The van der Waals surface area contributed by atoms with Gasteiger partial charge in [-0.2, -0.15) is 0 Å². The van der Waals surface area contributed by atoms with Gasteiger partial charge >= 0.3 is 0 Å². The molecule has 0 spiro atoms. The van der Waals surface area contributed by atoms with Crippen molar-refractivity contribution in [2.45, 2.75) is 26.6 Å². The Morgan fingerprint density at radius 3 is 2.48 bits per heavy atom. The normalized spacial score (nSPS) is 10.6. The second-order valence-corrected chi connectivity index (χ2v) is 7.20. The molecular formula is C22H23BrN2O2. The minimum atomic E-state index is 0.496. The van der Waals surface area contributed by atoms with E-state index in [4.69, 9.17) is 9.47 Å². The van der Waals surface area contributed by atoms with Crippen LogP contribution in [0.5, 0.6) is 11.5 Å². The summed E-state index contributed by atoms with van der Waals surface area (Å²) < 4.78 is 12.5. The number of ether oxygens (including phenoxy) is 2. The van der Waals surface area contributed by atoms with Gasteiger partial charge in [-0.3, -0.25) is 4.98 Å². The van der Waals surface area contributed by atoms with Crippen LogP contribution in [0.3, 0.4) is 0 Å². The molecule has 0 radical (unpaired) electrons. The summed E-state index contributed by atoms with van der Waals surface area (Å²) >= 11 is 3.62. The van der Waals surface area contributed by atoms with E-state index in [1.807, 2.05) is 24.3 Å². The van der Waals surface area contributed by atoms with E-state index in [0.717, 1.165) is 40.2 Å². The molecule has 2 aromatic carbocycles. The number of nitrogens with one attached hydrogen (secondary N) is 1. The third-order valence-electron chi connectivity index (χ3n) is 4.16. The van der Waals surface area contributed by atoms with Gasteiger partial charge in [0, 0.05) is 25.5 Å². The van der Waals surface area contributed by atoms with E-state index in [2.05, 4.69) is 57.4 Å². The van der Waals surface area contributed by atoms with Crippen LogP contribution in [0.4, 0.5) is 0 Å². The maximum absolute atomic E-state index is 6.03. The first-order valence-electron chi connectivity index (χ1n) is 8.80. The summed E-state index contributed by atoms with van der Waals surface area (Å²) in [5.41, 5.74) is 4.68. The number of methoxy groups -OCH3 is 1. The van der Waals surface area contributed by atoms with Crippen LogP contribution in [-0.2, 0) is 19.7 Å². The number of aromatic nitrogens is 1. The zero-order chi connectivity index (χ0) is 19.1. The van der Waals surface area contributed by atoms with Crippen molar-refractivity contribution in [1.82, 2.24) is 10.3 Å². The van der Waals surface area contributed by atoms with Gasteiger partial charge in [-0.25, -0.2) is 0 Å². The topological polar surface area (TPSA) is 43.4 Å². The Labute approximate surface area is 168 Å². The summed E-state index contributed by atoms with van der Waals surface area (Å²) in [5, 5.41) is 3.44. The SMILES string of the molecule is COc1cc(CNCc2ccncc2)cc(Br)c1OCc1cccc(C)c1. The van der Waals surface area contributed by atoms with Crippen LogP contribution in [-0.4, -0.2) is 12.1 Å². The van der Waals surface area contributed by atoms with E-state index < -0.39 is 0 Å². The van der Waals surface area contributed by atoms with Crippen molar-refractivity contribution in [2.75, 3.05) is 7.11 Å². The molecule has 0 saturated carbocycles. The largest absolute Gasteiger partial charge is 0.493 e. The quantitative estimate of drug-likeness (QED) is 0.548. The Hall–Kier alpha value is -2.37. The minimum absolute atomic E-state index is 0.496. The van der Waals surface area contributed by atoms with Crippen LogP contribution in [0.15, 0.2) is 65.4 Å². The zero-order valence-electron chi connectivity index (χ0n) is 15.5. The highest BCUT2D eigenvalue weighted by atomic mass is 79.9. The number of hydrogen-bond acceptors (Lipinski definition) is 4. The van der Waals surface area contributed by atoms with E-state index >= 15 is 0 Å². The molecule has 5 heteroatoms. The number of nitrogens with zero attached hydrogens (tertiary/aromatic N) is 1. The highest BCUT2D eigenvalue weighted by molar-refractivity contribution is 9.10. The highest BCUT2D eigenvalue weighted by Gasteiger charge is 2.12. The molecule has 0 amide bonds. The Morgan fingerprint density at radius 2 is 1.74 bits per heavy atom. The average molecular weight is 427 g/mol. The molecule has 1 aromatic heterocycles. The lowest BCUT2D eigenvalue weighted by Crippen LogP contribution is -2.13. The fraction of sp³-hybridized carbons (Fsp3) is 0.227. The van der Waals surface area contributed by atoms with Crippen molar-refractivity contribution in [2.24, 2.45) is 0 Å². The number of pyridine rings is 1. The molecular weight excluding hydrogens is 404 g/mol. The molecule has 140 valence electrons. The molecule has 4 nitrogen and oxygen atoms in total. The Morgan fingerprint density at radius 1 is 0.963 bits per heavy atom. The van der Waals surface area contributed by atoms with Crippen LogP contribution in [0.25, 0.3) is 0 Å². The number of aryl methyl sites for hydroxylation is 1. The lowest BCUT2D eigenvalue weighted by Gasteiger charge is -2.15. The van der Waals surface area contributed by atoms with Crippen molar-refractivity contribution in [3.05, 3.63) is 87.7 Å². The van der Waals surface area contributed by atoms with Crippen LogP contribution in [0.1, 0.15) is 22.3 Å². The maximum atomic E-state index is 6.03. The lowest BCUT2D eigenvalue weighted by atomic mass is 10.1. The summed E-state index contributed by atoms with van der Waals surface area (Å²) in [5.74, 6) is 1.44. The molecule has 0 bridgehead atoms. The van der Waals surface area contributed by atoms with Crippen molar-refractivity contribution in [3.8, 4) is 11.5 Å². The van der Waals surface area contributed by atoms with Gasteiger partial charge in [0.05, 0.1) is 11.6 Å². The number of halogens is 1. The van der Waals surface area contributed by atoms with Crippen molar-refractivity contribution < 1.29 is 9.47 Å². The Bertz CT molecular complexity index is 885. The number of hydrogen-bond donors (Lipinski definition) is 1. The van der Waals surface area contributed by atoms with Gasteiger partial charge in [-0.05, 0) is 63.8 Å². The molecule has 0 saturated heterocycles. The van der Waals surface area contributed by atoms with E-state index in [-0.39, 0.29) is 0 Å². The first-order valence-corrected chi connectivity index (χ1v) is 9.59. The third kappa shape index (κ3) is 5.55. The summed E-state index contributed by atoms with van der Waals surface area (Å²) in [6.45, 7) is 4.09. The monoisotopic (exact) mass is 426 g/mol. The zero-order valence-corrected chi connectivity index (χ0v) is 17.1. The second kappa shape index (κ2) is 9.53. The molecule has 0 unspecified atom stereocenters. The summed E-state index contributed by atoms with van der Waals surface area (Å²) in [6.07, 6.45) is 3.61. The average Bonchev–Trinajstić information content (AvgIpc) is 2.67. The second-order valence-electron chi connectivity index (χ2n) is 6.35. The minimum Gasteiger partial charge on any atom is -0.493 e. The van der Waals surface area contributed by atoms with E-state index in [9.17, 15) is 0 Å². The van der Waals surface area contributed by atoms with Gasteiger partial charge < -0.3 is 14.8 Å². The summed E-state index contributed by atoms with van der Waals surface area (Å²) in [6, 6.07) is 16.4. The molecule has 0 aliphatic rings. The summed E-state index contributed by atoms with van der Waals surface area (Å²) in [4.78, 5) is 4.04. The van der Waals surface area contributed by atoms with Crippen LogP contribution in [0, 0.1) is 6.92 Å². The molecule has 3 rings (SSSR count). The van der Waals surface area contributed by atoms with Crippen molar-refractivity contribution in [1.29, 1.82) is 0 Å². The third-order valence-corrected chi connectivity index (χ3v) is 4.75. The molecule has 1 N–H and O–H groups in total. The molecule has 0 fully saturated rings. The molecule has 27 heavy (non-hydrogen) atoms. The van der Waals surface area contributed by atoms with Crippen LogP contribution < -0.4 is 14.8 Å². The van der Waals surface area contributed by atoms with Crippen molar-refractivity contribution in [3.63, 3.8) is 0 Å². The molecule has 3 aromatic rings. The summed E-state index contributed by atoms with van der Waals surface area (Å²) in [7, 11) is 1.66. The van der Waals surface area contributed by atoms with Crippen LogP contribution >= 0.6 is 15.9 Å². The van der Waals surface area contributed by atoms with Gasteiger partial charge in [-0.1, -0.05) is 29.8 Å². The van der Waals surface area contributed by atoms with E-state index in [0.29, 0.717) is 6.61 Å². The number of rotatable bonds is 8. The first-order chi connectivity index (χ1) is 13.2. The van der Waals surface area contributed by atoms with Crippen LogP contribution in [0.2, 0.25) is 0 Å². The Balaban J connectivity index is 1.65. The standard InChI is InChI=1S/C22H23BrN2O2/c1-16-4-3-5-18(10-16)15-27-22-20(23)11-19(12-21(22)26-2)14-25-13-17-6-8-24-9-7-17/h3-12,25H,13-15H2,1-2H3. The van der Waals surface area contributed by atoms with Gasteiger partial charge in [-0.15, -0.1) is 0 Å². The maximum Gasteiger partial charge on any atom is 0.175 e. The molecule has 0 atom stereocenters. The molecule has 0 aliphatic heterocycles. The molecule has 1 heterocycles. The molecule has 0 aliphatic carbocycles. The predicted molar refractivity (Wildman–Crippen MR) is 111 cm³/mol. The van der Waals surface area contributed by atoms with Gasteiger partial charge in [0.25, 0.3) is 0 Å². The van der Waals surface area contributed by atoms with E-state index in [1.54, 1.807) is 19.5 Å². The highest BCUT2D eigenvalue weighted by Crippen LogP contribution is 2.37. The fourth-order valence-electron chi connectivity index (χ4n) is 2.82. The predicted octanol–water partition coefficient (Wildman–Crippen LogP) is 5.03. The Kier molecular flexibility index (Phi) is 6.85.